The van der Waals surface area contributed by atoms with Gasteiger partial charge >= 0.3 is 0 Å². The molecule has 9 heteroatoms. The van der Waals surface area contributed by atoms with E-state index in [1.807, 2.05) is 18.2 Å². The predicted molar refractivity (Wildman–Crippen MR) is 116 cm³/mol. The maximum atomic E-state index is 12.4. The summed E-state index contributed by atoms with van der Waals surface area (Å²) < 4.78 is 38.7. The Morgan fingerprint density at radius 2 is 1.77 bits per heavy atom. The molecular formula is C22H23N3O5S. The zero-order valence-electron chi connectivity index (χ0n) is 17.3. The largest absolute Gasteiger partial charge is 0.490 e. The number of sulfonamides is 1. The zero-order valence-corrected chi connectivity index (χ0v) is 18.1. The van der Waals surface area contributed by atoms with Gasteiger partial charge in [0.1, 0.15) is 0 Å². The first-order chi connectivity index (χ1) is 14.8. The third-order valence-electron chi connectivity index (χ3n) is 4.92. The van der Waals surface area contributed by atoms with Gasteiger partial charge in [0.15, 0.2) is 11.5 Å². The summed E-state index contributed by atoms with van der Waals surface area (Å²) in [5.74, 6) is 1.34. The highest BCUT2D eigenvalue weighted by Crippen LogP contribution is 2.33. The van der Waals surface area contributed by atoms with Crippen LogP contribution in [-0.4, -0.2) is 49.8 Å². The highest BCUT2D eigenvalue weighted by molar-refractivity contribution is 7.89. The molecule has 0 aliphatic carbocycles. The monoisotopic (exact) mass is 441 g/mol. The Morgan fingerprint density at radius 1 is 1.00 bits per heavy atom. The van der Waals surface area contributed by atoms with Crippen LogP contribution in [0.15, 0.2) is 64.3 Å². The van der Waals surface area contributed by atoms with E-state index in [-0.39, 0.29) is 17.0 Å². The fraction of sp³-hybridized carbons (Fsp3) is 0.273. The van der Waals surface area contributed by atoms with Crippen LogP contribution >= 0.6 is 0 Å². The Balaban J connectivity index is 1.66. The fourth-order valence-corrected chi connectivity index (χ4v) is 4.20. The second-order valence-corrected chi connectivity index (χ2v) is 9.51. The number of ether oxygens (including phenoxy) is 2. The molecular weight excluding hydrogens is 418 g/mol. The van der Waals surface area contributed by atoms with Gasteiger partial charge in [0.25, 0.3) is 5.56 Å². The van der Waals surface area contributed by atoms with E-state index >= 15 is 0 Å². The number of hydrogen-bond acceptors (Lipinski definition) is 6. The molecule has 0 amide bonds. The SMILES string of the molecule is CN(C)S(=O)(=O)c1cccc(Cn2nc(-c3ccc4c(c3)OCCCO4)ccc2=O)c1. The van der Waals surface area contributed by atoms with Crippen LogP contribution in [0.25, 0.3) is 11.3 Å². The van der Waals surface area contributed by atoms with Gasteiger partial charge in [0.2, 0.25) is 10.0 Å². The lowest BCUT2D eigenvalue weighted by molar-refractivity contribution is 0.297. The molecule has 0 saturated heterocycles. The molecule has 1 aromatic heterocycles. The van der Waals surface area contributed by atoms with Gasteiger partial charge in [-0.3, -0.25) is 4.79 Å². The lowest BCUT2D eigenvalue weighted by Gasteiger charge is -2.13. The van der Waals surface area contributed by atoms with Gasteiger partial charge in [0.05, 0.1) is 30.3 Å². The molecule has 0 fully saturated rings. The summed E-state index contributed by atoms with van der Waals surface area (Å²) in [7, 11) is -0.607. The van der Waals surface area contributed by atoms with Gasteiger partial charge in [-0.05, 0) is 42.0 Å². The lowest BCUT2D eigenvalue weighted by atomic mass is 10.1. The van der Waals surface area contributed by atoms with Gasteiger partial charge in [-0.15, -0.1) is 0 Å². The van der Waals surface area contributed by atoms with E-state index in [1.54, 1.807) is 24.3 Å². The number of hydrogen-bond donors (Lipinski definition) is 0. The van der Waals surface area contributed by atoms with Crippen LogP contribution in [-0.2, 0) is 16.6 Å². The normalized spacial score (nSPS) is 13.8. The van der Waals surface area contributed by atoms with Crippen LogP contribution in [0.4, 0.5) is 0 Å². The van der Waals surface area contributed by atoms with Crippen molar-refractivity contribution in [2.45, 2.75) is 17.9 Å². The zero-order chi connectivity index (χ0) is 22.0. The number of nitrogens with zero attached hydrogens (tertiary/aromatic N) is 3. The maximum absolute atomic E-state index is 12.4. The van der Waals surface area contributed by atoms with Crippen molar-refractivity contribution >= 4 is 10.0 Å². The standard InChI is InChI=1S/C22H23N3O5S/c1-24(2)31(27,28)18-6-3-5-16(13-18)15-25-22(26)10-8-19(23-25)17-7-9-20-21(14-17)30-12-4-11-29-20/h3,5-10,13-14H,4,11-12,15H2,1-2H3. The molecule has 0 N–H and O–H groups in total. The van der Waals surface area contributed by atoms with Crippen molar-refractivity contribution in [2.24, 2.45) is 0 Å². The van der Waals surface area contributed by atoms with Gasteiger partial charge in [-0.25, -0.2) is 17.4 Å². The molecule has 0 bridgehead atoms. The Hall–Kier alpha value is -3.17. The van der Waals surface area contributed by atoms with Crippen LogP contribution < -0.4 is 15.0 Å². The number of fused-ring (bicyclic) bond motifs is 1. The first kappa shape index (κ1) is 21.1. The smallest absolute Gasteiger partial charge is 0.267 e. The third kappa shape index (κ3) is 4.47. The Bertz CT molecular complexity index is 1270. The number of aromatic nitrogens is 2. The molecule has 1 aliphatic heterocycles. The van der Waals surface area contributed by atoms with Crippen molar-refractivity contribution in [3.8, 4) is 22.8 Å². The van der Waals surface area contributed by atoms with Crippen molar-refractivity contribution in [2.75, 3.05) is 27.3 Å². The second-order valence-electron chi connectivity index (χ2n) is 7.36. The molecule has 8 nitrogen and oxygen atoms in total. The number of benzene rings is 2. The maximum Gasteiger partial charge on any atom is 0.267 e. The van der Waals surface area contributed by atoms with E-state index in [1.165, 1.54) is 30.9 Å². The van der Waals surface area contributed by atoms with Crippen LogP contribution in [0.3, 0.4) is 0 Å². The van der Waals surface area contributed by atoms with E-state index in [9.17, 15) is 13.2 Å². The summed E-state index contributed by atoms with van der Waals surface area (Å²) in [4.78, 5) is 12.6. The minimum atomic E-state index is -3.56. The summed E-state index contributed by atoms with van der Waals surface area (Å²) >= 11 is 0. The minimum absolute atomic E-state index is 0.147. The predicted octanol–water partition coefficient (Wildman–Crippen LogP) is 2.37. The van der Waals surface area contributed by atoms with Crippen LogP contribution in [0.1, 0.15) is 12.0 Å². The summed E-state index contributed by atoms with van der Waals surface area (Å²) in [6, 6.07) is 15.2. The molecule has 2 aromatic carbocycles. The molecule has 0 saturated carbocycles. The molecule has 0 radical (unpaired) electrons. The minimum Gasteiger partial charge on any atom is -0.490 e. The van der Waals surface area contributed by atoms with Gasteiger partial charge in [0, 0.05) is 32.1 Å². The van der Waals surface area contributed by atoms with Crippen LogP contribution in [0.5, 0.6) is 11.5 Å². The molecule has 162 valence electrons. The summed E-state index contributed by atoms with van der Waals surface area (Å²) in [5, 5.41) is 4.49. The Morgan fingerprint density at radius 3 is 2.55 bits per heavy atom. The Kier molecular flexibility index (Phi) is 5.79. The first-order valence-electron chi connectivity index (χ1n) is 9.84. The lowest BCUT2D eigenvalue weighted by Crippen LogP contribution is -2.24. The van der Waals surface area contributed by atoms with Crippen molar-refractivity contribution in [3.05, 3.63) is 70.5 Å². The van der Waals surface area contributed by atoms with Crippen LogP contribution in [0.2, 0.25) is 0 Å². The van der Waals surface area contributed by atoms with E-state index in [0.29, 0.717) is 36.0 Å². The molecule has 0 spiro atoms. The van der Waals surface area contributed by atoms with E-state index in [0.717, 1.165) is 16.3 Å². The molecule has 4 rings (SSSR count). The van der Waals surface area contributed by atoms with E-state index < -0.39 is 10.0 Å². The van der Waals surface area contributed by atoms with Crippen molar-refractivity contribution in [3.63, 3.8) is 0 Å². The first-order valence-corrected chi connectivity index (χ1v) is 11.3. The topological polar surface area (TPSA) is 90.7 Å². The second kappa shape index (κ2) is 8.52. The van der Waals surface area contributed by atoms with Crippen molar-refractivity contribution in [1.29, 1.82) is 0 Å². The van der Waals surface area contributed by atoms with Gasteiger partial charge in [-0.2, -0.15) is 5.10 Å². The van der Waals surface area contributed by atoms with E-state index in [4.69, 9.17) is 9.47 Å². The van der Waals surface area contributed by atoms with Gasteiger partial charge < -0.3 is 9.47 Å². The molecule has 2 heterocycles. The molecule has 31 heavy (non-hydrogen) atoms. The van der Waals surface area contributed by atoms with Crippen molar-refractivity contribution in [1.82, 2.24) is 14.1 Å². The Labute approximate surface area is 180 Å². The average Bonchev–Trinajstić information content (AvgIpc) is 3.00. The van der Waals surface area contributed by atoms with E-state index in [2.05, 4.69) is 5.10 Å². The summed E-state index contributed by atoms with van der Waals surface area (Å²) in [6.45, 7) is 1.33. The quantitative estimate of drug-likeness (QED) is 0.604. The van der Waals surface area contributed by atoms with Crippen LogP contribution in [0, 0.1) is 0 Å². The van der Waals surface area contributed by atoms with Gasteiger partial charge in [-0.1, -0.05) is 12.1 Å². The average molecular weight is 442 g/mol. The molecule has 0 atom stereocenters. The molecule has 3 aromatic rings. The molecule has 1 aliphatic rings. The van der Waals surface area contributed by atoms with Crippen molar-refractivity contribution < 1.29 is 17.9 Å². The third-order valence-corrected chi connectivity index (χ3v) is 6.73. The molecule has 0 unspecified atom stereocenters. The number of rotatable bonds is 5. The highest BCUT2D eigenvalue weighted by atomic mass is 32.2. The highest BCUT2D eigenvalue weighted by Gasteiger charge is 2.18. The fourth-order valence-electron chi connectivity index (χ4n) is 3.23. The summed E-state index contributed by atoms with van der Waals surface area (Å²) in [6.07, 6.45) is 0.815. The summed E-state index contributed by atoms with van der Waals surface area (Å²) in [5.41, 5.74) is 1.78.